The van der Waals surface area contributed by atoms with Gasteiger partial charge in [-0.15, -0.1) is 0 Å². The molecule has 35 heavy (non-hydrogen) atoms. The zero-order valence-electron chi connectivity index (χ0n) is 22.4. The SMILES string of the molecule is CCC1(CC)[n+]2ccc3cccc4c3c2-c2c(ccc(F)c2C4(C)C)C1(NC)NNC(C)C(C)C. The highest BCUT2D eigenvalue weighted by atomic mass is 19.1. The van der Waals surface area contributed by atoms with E-state index in [1.54, 1.807) is 6.07 Å². The highest BCUT2D eigenvalue weighted by Crippen LogP contribution is 2.55. The van der Waals surface area contributed by atoms with Gasteiger partial charge < -0.3 is 0 Å². The second-order valence-corrected chi connectivity index (χ2v) is 11.3. The Morgan fingerprint density at radius 1 is 0.971 bits per heavy atom. The molecule has 0 fully saturated rings. The van der Waals surface area contributed by atoms with E-state index in [-0.39, 0.29) is 17.4 Å². The van der Waals surface area contributed by atoms with Crippen LogP contribution in [0.4, 0.5) is 4.39 Å². The van der Waals surface area contributed by atoms with Gasteiger partial charge >= 0.3 is 0 Å². The maximum absolute atomic E-state index is 15.8. The number of hydrogen-bond donors (Lipinski definition) is 3. The van der Waals surface area contributed by atoms with E-state index in [9.17, 15) is 0 Å². The van der Waals surface area contributed by atoms with Gasteiger partial charge in [-0.3, -0.25) is 10.7 Å². The first-order chi connectivity index (χ1) is 16.6. The summed E-state index contributed by atoms with van der Waals surface area (Å²) in [7, 11) is 2.02. The third-order valence-electron chi connectivity index (χ3n) is 9.26. The van der Waals surface area contributed by atoms with Crippen LogP contribution in [0.15, 0.2) is 42.6 Å². The summed E-state index contributed by atoms with van der Waals surface area (Å²) in [5.41, 5.74) is 11.2. The average molecular weight is 476 g/mol. The minimum absolute atomic E-state index is 0.138. The third-order valence-corrected chi connectivity index (χ3v) is 9.26. The summed E-state index contributed by atoms with van der Waals surface area (Å²) in [5, 5.41) is 6.18. The van der Waals surface area contributed by atoms with Crippen molar-refractivity contribution in [1.82, 2.24) is 16.2 Å². The topological polar surface area (TPSA) is 40.0 Å². The minimum Gasteiger partial charge on any atom is -0.292 e. The first kappa shape index (κ1) is 24.4. The van der Waals surface area contributed by atoms with E-state index in [1.165, 1.54) is 16.3 Å². The van der Waals surface area contributed by atoms with Gasteiger partial charge in [0.05, 0.1) is 10.9 Å². The van der Waals surface area contributed by atoms with Crippen molar-refractivity contribution >= 4 is 10.8 Å². The molecular formula is C30H40FN4+. The van der Waals surface area contributed by atoms with Crippen LogP contribution in [0.1, 0.15) is 78.0 Å². The van der Waals surface area contributed by atoms with Crippen LogP contribution in [0, 0.1) is 11.7 Å². The van der Waals surface area contributed by atoms with Gasteiger partial charge in [-0.2, -0.15) is 4.57 Å². The second kappa shape index (κ2) is 8.09. The lowest BCUT2D eigenvalue weighted by Gasteiger charge is -2.52. The molecule has 2 atom stereocenters. The van der Waals surface area contributed by atoms with Gasteiger partial charge in [-0.25, -0.2) is 9.82 Å². The average Bonchev–Trinajstić information content (AvgIpc) is 2.85. The molecule has 0 bridgehead atoms. The summed E-state index contributed by atoms with van der Waals surface area (Å²) < 4.78 is 18.3. The molecule has 186 valence electrons. The fraction of sp³-hybridized carbons (Fsp3) is 0.500. The molecule has 1 aromatic heterocycles. The van der Waals surface area contributed by atoms with Crippen molar-refractivity contribution in [2.24, 2.45) is 5.92 Å². The van der Waals surface area contributed by atoms with Crippen molar-refractivity contribution in [2.45, 2.75) is 84.0 Å². The van der Waals surface area contributed by atoms with Crippen LogP contribution < -0.4 is 20.7 Å². The van der Waals surface area contributed by atoms with Gasteiger partial charge in [0.2, 0.25) is 11.2 Å². The van der Waals surface area contributed by atoms with Crippen LogP contribution in [0.3, 0.4) is 0 Å². The molecule has 2 unspecified atom stereocenters. The van der Waals surface area contributed by atoms with Gasteiger partial charge in [-0.1, -0.05) is 65.8 Å². The van der Waals surface area contributed by atoms with Gasteiger partial charge in [-0.05, 0) is 36.9 Å². The Kier molecular flexibility index (Phi) is 5.63. The van der Waals surface area contributed by atoms with Crippen molar-refractivity contribution in [2.75, 3.05) is 7.05 Å². The lowest BCUT2D eigenvalue weighted by atomic mass is 9.62. The number of pyridine rings is 1. The van der Waals surface area contributed by atoms with Crippen molar-refractivity contribution in [3.05, 3.63) is 65.1 Å². The Morgan fingerprint density at radius 3 is 2.31 bits per heavy atom. The van der Waals surface area contributed by atoms with E-state index >= 15 is 4.39 Å². The summed E-state index contributed by atoms with van der Waals surface area (Å²) in [5.74, 6) is 0.325. The minimum atomic E-state index is -0.648. The second-order valence-electron chi connectivity index (χ2n) is 11.3. The molecule has 0 saturated carbocycles. The van der Waals surface area contributed by atoms with E-state index in [1.807, 2.05) is 13.1 Å². The lowest BCUT2D eigenvalue weighted by molar-refractivity contribution is -0.772. The molecule has 4 nitrogen and oxygen atoms in total. The zero-order chi connectivity index (χ0) is 25.3. The highest BCUT2D eigenvalue weighted by molar-refractivity contribution is 6.01. The number of likely N-dealkylation sites (N-methyl/N-ethyl adjacent to an activating group) is 1. The maximum atomic E-state index is 15.8. The molecule has 0 amide bonds. The van der Waals surface area contributed by atoms with Crippen LogP contribution in [-0.2, 0) is 16.6 Å². The molecule has 1 aliphatic heterocycles. The van der Waals surface area contributed by atoms with E-state index in [4.69, 9.17) is 0 Å². The molecule has 2 heterocycles. The number of rotatable bonds is 7. The first-order valence-corrected chi connectivity index (χ1v) is 13.1. The largest absolute Gasteiger partial charge is 0.292 e. The highest BCUT2D eigenvalue weighted by Gasteiger charge is 2.64. The monoisotopic (exact) mass is 475 g/mol. The Bertz CT molecular complexity index is 1310. The Labute approximate surface area is 209 Å². The van der Waals surface area contributed by atoms with Crippen LogP contribution in [0.5, 0.6) is 0 Å². The molecule has 2 aliphatic rings. The summed E-state index contributed by atoms with van der Waals surface area (Å²) in [6, 6.07) is 12.6. The predicted octanol–water partition coefficient (Wildman–Crippen LogP) is 5.61. The van der Waals surface area contributed by atoms with Crippen molar-refractivity contribution in [3.8, 4) is 11.3 Å². The number of hydrogen-bond acceptors (Lipinski definition) is 3. The zero-order valence-corrected chi connectivity index (χ0v) is 22.4. The third kappa shape index (κ3) is 2.92. The van der Waals surface area contributed by atoms with Crippen molar-refractivity contribution < 1.29 is 8.96 Å². The van der Waals surface area contributed by atoms with Crippen LogP contribution in [0.25, 0.3) is 22.0 Å². The normalized spacial score (nSPS) is 22.0. The number of aromatic nitrogens is 1. The van der Waals surface area contributed by atoms with Gasteiger partial charge in [0, 0.05) is 41.5 Å². The number of nitrogens with one attached hydrogen (secondary N) is 3. The van der Waals surface area contributed by atoms with Crippen molar-refractivity contribution in [1.29, 1.82) is 0 Å². The van der Waals surface area contributed by atoms with Gasteiger partial charge in [0.25, 0.3) is 0 Å². The number of nitrogens with zero attached hydrogens (tertiary/aromatic N) is 1. The Balaban J connectivity index is 1.95. The van der Waals surface area contributed by atoms with E-state index in [0.717, 1.165) is 35.2 Å². The number of hydrazine groups is 1. The Hall–Kier alpha value is -2.34. The van der Waals surface area contributed by atoms with Crippen LogP contribution in [0.2, 0.25) is 0 Å². The summed E-state index contributed by atoms with van der Waals surface area (Å²) in [4.78, 5) is 0. The molecule has 3 aromatic rings. The maximum Gasteiger partial charge on any atom is 0.222 e. The fourth-order valence-corrected chi connectivity index (χ4v) is 6.88. The summed E-state index contributed by atoms with van der Waals surface area (Å²) in [6.45, 7) is 15.5. The van der Waals surface area contributed by atoms with E-state index < -0.39 is 11.1 Å². The molecule has 0 spiro atoms. The predicted molar refractivity (Wildman–Crippen MR) is 142 cm³/mol. The molecule has 0 saturated heterocycles. The number of halogens is 1. The Morgan fingerprint density at radius 2 is 1.69 bits per heavy atom. The first-order valence-electron chi connectivity index (χ1n) is 13.1. The molecule has 5 rings (SSSR count). The van der Waals surface area contributed by atoms with E-state index in [2.05, 4.69) is 99.7 Å². The number of benzene rings is 2. The lowest BCUT2D eigenvalue weighted by Crippen LogP contribution is -2.80. The van der Waals surface area contributed by atoms with Crippen molar-refractivity contribution in [3.63, 3.8) is 0 Å². The fourth-order valence-electron chi connectivity index (χ4n) is 6.88. The molecule has 0 radical (unpaired) electrons. The van der Waals surface area contributed by atoms with Crippen LogP contribution >= 0.6 is 0 Å². The van der Waals surface area contributed by atoms with Gasteiger partial charge in [0.15, 0.2) is 11.9 Å². The van der Waals surface area contributed by atoms with Crippen LogP contribution in [-0.4, -0.2) is 13.1 Å². The molecule has 1 aliphatic carbocycles. The van der Waals surface area contributed by atoms with E-state index in [0.29, 0.717) is 5.92 Å². The molecule has 3 N–H and O–H groups in total. The molecule has 2 aromatic carbocycles. The van der Waals surface area contributed by atoms with Gasteiger partial charge in [0.1, 0.15) is 5.82 Å². The quantitative estimate of drug-likeness (QED) is 0.236. The summed E-state index contributed by atoms with van der Waals surface area (Å²) >= 11 is 0. The molecular weight excluding hydrogens is 435 g/mol. The smallest absolute Gasteiger partial charge is 0.222 e. The summed E-state index contributed by atoms with van der Waals surface area (Å²) in [6.07, 6.45) is 4.02. The molecule has 5 heteroatoms. The standard InChI is InChI=1S/C30H40FN4/c1-9-29(10-2)30(32-8,34-33-19(5)18(3)4)22-14-15-23(31)26-25(22)27-24-20(16-17-35(27)29)12-11-13-21(24)28(26,6)7/h11-19,32-34H,9-10H2,1-8H3/q+1.